The van der Waals surface area contributed by atoms with Gasteiger partial charge in [0.1, 0.15) is 0 Å². The number of hydrogen-bond donors (Lipinski definition) is 2. The van der Waals surface area contributed by atoms with Crippen molar-refractivity contribution in [3.05, 3.63) is 89.5 Å². The summed E-state index contributed by atoms with van der Waals surface area (Å²) in [5, 5.41) is 6.02. The van der Waals surface area contributed by atoms with E-state index in [0.717, 1.165) is 16.8 Å². The van der Waals surface area contributed by atoms with Crippen LogP contribution in [0.15, 0.2) is 77.7 Å². The maximum absolute atomic E-state index is 13.1. The van der Waals surface area contributed by atoms with Crippen molar-refractivity contribution in [1.29, 1.82) is 0 Å². The Balaban J connectivity index is 1.42. The fourth-order valence-corrected chi connectivity index (χ4v) is 5.56. The van der Waals surface area contributed by atoms with E-state index in [-0.39, 0.29) is 17.3 Å². The van der Waals surface area contributed by atoms with Gasteiger partial charge in [-0.15, -0.1) is 0 Å². The molecule has 0 saturated carbocycles. The van der Waals surface area contributed by atoms with Gasteiger partial charge in [0, 0.05) is 24.5 Å². The van der Waals surface area contributed by atoms with Crippen LogP contribution < -0.4 is 10.6 Å². The van der Waals surface area contributed by atoms with Crippen molar-refractivity contribution in [2.45, 2.75) is 18.2 Å². The number of nitrogens with zero attached hydrogens (tertiary/aromatic N) is 1. The van der Waals surface area contributed by atoms with Gasteiger partial charge in [-0.25, -0.2) is 8.42 Å². The summed E-state index contributed by atoms with van der Waals surface area (Å²) in [7, 11) is -3.62. The summed E-state index contributed by atoms with van der Waals surface area (Å²) < 4.78 is 32.9. The molecule has 1 saturated heterocycles. The minimum atomic E-state index is -3.62. The Labute approximate surface area is 200 Å². The van der Waals surface area contributed by atoms with Crippen LogP contribution in [-0.2, 0) is 26.0 Å². The molecule has 1 amide bonds. The second kappa shape index (κ2) is 10.8. The fourth-order valence-electron chi connectivity index (χ4n) is 3.90. The minimum absolute atomic E-state index is 0.0137. The molecule has 1 heterocycles. The average Bonchev–Trinajstić information content (AvgIpc) is 2.86. The molecule has 0 spiro atoms. The van der Waals surface area contributed by atoms with Gasteiger partial charge in [-0.05, 0) is 48.2 Å². The SMILES string of the molecule is Cc1ccc(NCC(=O)Nc2ccccc2Cc2ccccc2)cc1S(=O)(=O)N1CCOCC1. The number of hydrogen-bond acceptors (Lipinski definition) is 5. The number of rotatable bonds is 8. The number of amides is 1. The highest BCUT2D eigenvalue weighted by atomic mass is 32.2. The Kier molecular flexibility index (Phi) is 7.62. The van der Waals surface area contributed by atoms with Crippen LogP contribution in [0.1, 0.15) is 16.7 Å². The summed E-state index contributed by atoms with van der Waals surface area (Å²) in [6.45, 7) is 3.24. The molecule has 0 unspecified atom stereocenters. The standard InChI is InChI=1S/C26H29N3O4S/c1-20-11-12-23(18-25(20)34(31,32)29-13-15-33-16-14-29)27-19-26(30)28-24-10-6-5-9-22(24)17-21-7-3-2-4-8-21/h2-12,18,27H,13-17,19H2,1H3,(H,28,30). The Bertz CT molecular complexity index is 1240. The lowest BCUT2D eigenvalue weighted by Gasteiger charge is -2.27. The van der Waals surface area contributed by atoms with E-state index in [2.05, 4.69) is 22.8 Å². The number of carbonyl (C=O) groups excluding carboxylic acids is 1. The Morgan fingerprint density at radius 3 is 2.44 bits per heavy atom. The van der Waals surface area contributed by atoms with Gasteiger partial charge >= 0.3 is 0 Å². The van der Waals surface area contributed by atoms with Gasteiger partial charge in [0.15, 0.2) is 0 Å². The molecule has 0 aliphatic carbocycles. The van der Waals surface area contributed by atoms with Crippen LogP contribution in [0.3, 0.4) is 0 Å². The molecule has 34 heavy (non-hydrogen) atoms. The first-order chi connectivity index (χ1) is 16.4. The van der Waals surface area contributed by atoms with Crippen LogP contribution >= 0.6 is 0 Å². The van der Waals surface area contributed by atoms with E-state index in [4.69, 9.17) is 4.74 Å². The van der Waals surface area contributed by atoms with Gasteiger partial charge in [-0.3, -0.25) is 4.79 Å². The number of sulfonamides is 1. The number of anilines is 2. The molecule has 3 aromatic carbocycles. The molecular weight excluding hydrogens is 450 g/mol. The van der Waals surface area contributed by atoms with E-state index in [9.17, 15) is 13.2 Å². The predicted octanol–water partition coefficient (Wildman–Crippen LogP) is 3.66. The van der Waals surface area contributed by atoms with Crippen LogP contribution in [0.4, 0.5) is 11.4 Å². The van der Waals surface area contributed by atoms with Gasteiger partial charge in [-0.2, -0.15) is 4.31 Å². The highest BCUT2D eigenvalue weighted by Gasteiger charge is 2.28. The zero-order chi connectivity index (χ0) is 24.0. The van der Waals surface area contributed by atoms with Gasteiger partial charge in [0.05, 0.1) is 24.7 Å². The lowest BCUT2D eigenvalue weighted by atomic mass is 10.0. The minimum Gasteiger partial charge on any atom is -0.379 e. The number of carbonyl (C=O) groups is 1. The van der Waals surface area contributed by atoms with Crippen molar-refractivity contribution in [2.75, 3.05) is 43.5 Å². The summed E-state index contributed by atoms with van der Waals surface area (Å²) >= 11 is 0. The second-order valence-electron chi connectivity index (χ2n) is 8.22. The summed E-state index contributed by atoms with van der Waals surface area (Å²) in [6, 6.07) is 22.9. The first-order valence-corrected chi connectivity index (χ1v) is 12.7. The van der Waals surface area contributed by atoms with Crippen molar-refractivity contribution in [3.8, 4) is 0 Å². The molecule has 7 nitrogen and oxygen atoms in total. The van der Waals surface area contributed by atoms with Gasteiger partial charge < -0.3 is 15.4 Å². The molecule has 0 radical (unpaired) electrons. The largest absolute Gasteiger partial charge is 0.379 e. The van der Waals surface area contributed by atoms with Gasteiger partial charge in [-0.1, -0.05) is 54.6 Å². The third-order valence-corrected chi connectivity index (χ3v) is 7.80. The van der Waals surface area contributed by atoms with E-state index < -0.39 is 10.0 Å². The molecule has 1 aliphatic rings. The van der Waals surface area contributed by atoms with Crippen LogP contribution in [-0.4, -0.2) is 51.5 Å². The molecule has 3 aromatic rings. The highest BCUT2D eigenvalue weighted by molar-refractivity contribution is 7.89. The van der Waals surface area contributed by atoms with Crippen LogP contribution in [0.2, 0.25) is 0 Å². The zero-order valence-electron chi connectivity index (χ0n) is 19.2. The topological polar surface area (TPSA) is 87.7 Å². The molecule has 1 aliphatic heterocycles. The van der Waals surface area contributed by atoms with Crippen LogP contribution in [0, 0.1) is 6.92 Å². The van der Waals surface area contributed by atoms with E-state index in [1.165, 1.54) is 4.31 Å². The monoisotopic (exact) mass is 479 g/mol. The second-order valence-corrected chi connectivity index (χ2v) is 10.1. The Morgan fingerprint density at radius 2 is 1.68 bits per heavy atom. The summed E-state index contributed by atoms with van der Waals surface area (Å²) in [4.78, 5) is 12.9. The first kappa shape index (κ1) is 23.9. The molecule has 1 fully saturated rings. The maximum Gasteiger partial charge on any atom is 0.243 e. The number of nitrogens with one attached hydrogen (secondary N) is 2. The van der Waals surface area contributed by atoms with Gasteiger partial charge in [0.25, 0.3) is 0 Å². The predicted molar refractivity (Wildman–Crippen MR) is 134 cm³/mol. The van der Waals surface area contributed by atoms with E-state index in [1.807, 2.05) is 42.5 Å². The third-order valence-electron chi connectivity index (χ3n) is 5.76. The summed E-state index contributed by atoms with van der Waals surface area (Å²) in [5.74, 6) is -0.210. The number of benzene rings is 3. The maximum atomic E-state index is 13.1. The van der Waals surface area contributed by atoms with Crippen LogP contribution in [0.5, 0.6) is 0 Å². The molecule has 8 heteroatoms. The normalized spacial score (nSPS) is 14.5. The first-order valence-electron chi connectivity index (χ1n) is 11.3. The number of para-hydroxylation sites is 1. The molecule has 4 rings (SSSR count). The average molecular weight is 480 g/mol. The summed E-state index contributed by atoms with van der Waals surface area (Å²) in [5.41, 5.74) is 4.19. The van der Waals surface area contributed by atoms with E-state index in [0.29, 0.717) is 44.0 Å². The summed E-state index contributed by atoms with van der Waals surface area (Å²) in [6.07, 6.45) is 0.714. The molecular formula is C26H29N3O4S. The molecule has 0 bridgehead atoms. The Hall–Kier alpha value is -3.20. The van der Waals surface area contributed by atoms with E-state index in [1.54, 1.807) is 25.1 Å². The number of ether oxygens (including phenoxy) is 1. The lowest BCUT2D eigenvalue weighted by molar-refractivity contribution is -0.114. The zero-order valence-corrected chi connectivity index (χ0v) is 20.0. The molecule has 178 valence electrons. The van der Waals surface area contributed by atoms with E-state index >= 15 is 0 Å². The quantitative estimate of drug-likeness (QED) is 0.515. The molecule has 2 N–H and O–H groups in total. The number of morpholine rings is 1. The van der Waals surface area contributed by atoms with Crippen molar-refractivity contribution in [3.63, 3.8) is 0 Å². The fraction of sp³-hybridized carbons (Fsp3) is 0.269. The number of aryl methyl sites for hydroxylation is 1. The molecule has 0 aromatic heterocycles. The van der Waals surface area contributed by atoms with Gasteiger partial charge in [0.2, 0.25) is 15.9 Å². The van der Waals surface area contributed by atoms with Crippen molar-refractivity contribution in [2.24, 2.45) is 0 Å². The van der Waals surface area contributed by atoms with Crippen molar-refractivity contribution >= 4 is 27.3 Å². The third kappa shape index (κ3) is 5.83. The lowest BCUT2D eigenvalue weighted by Crippen LogP contribution is -2.40. The smallest absolute Gasteiger partial charge is 0.243 e. The van der Waals surface area contributed by atoms with Crippen molar-refractivity contribution < 1.29 is 17.9 Å². The van der Waals surface area contributed by atoms with Crippen molar-refractivity contribution in [1.82, 2.24) is 4.31 Å². The highest BCUT2D eigenvalue weighted by Crippen LogP contribution is 2.24. The Morgan fingerprint density at radius 1 is 0.971 bits per heavy atom. The molecule has 0 atom stereocenters. The van der Waals surface area contributed by atoms with Crippen LogP contribution in [0.25, 0.3) is 0 Å².